The van der Waals surface area contributed by atoms with Gasteiger partial charge < -0.3 is 19.5 Å². The summed E-state index contributed by atoms with van der Waals surface area (Å²) in [7, 11) is -1.74. The molecule has 0 bridgehead atoms. The van der Waals surface area contributed by atoms with E-state index in [0.717, 1.165) is 0 Å². The van der Waals surface area contributed by atoms with Crippen LogP contribution in [-0.2, 0) is 13.6 Å². The van der Waals surface area contributed by atoms with Gasteiger partial charge in [0, 0.05) is 0 Å². The number of benzene rings is 1. The van der Waals surface area contributed by atoms with E-state index >= 15 is 0 Å². The quantitative estimate of drug-likeness (QED) is 0.782. The number of nitrogens with two attached hydrogens (primary N) is 1. The van der Waals surface area contributed by atoms with Crippen molar-refractivity contribution in [2.45, 2.75) is 19.6 Å². The molecule has 5 nitrogen and oxygen atoms in total. The van der Waals surface area contributed by atoms with Gasteiger partial charge in [-0.2, -0.15) is 0 Å². The lowest BCUT2D eigenvalue weighted by Crippen LogP contribution is -2.14. The number of rotatable bonds is 7. The van der Waals surface area contributed by atoms with Crippen LogP contribution in [0.25, 0.3) is 0 Å². The molecule has 1 aromatic carbocycles. The first-order chi connectivity index (χ1) is 8.57. The maximum atomic E-state index is 12.5. The van der Waals surface area contributed by atoms with Gasteiger partial charge in [-0.3, -0.25) is 4.57 Å². The summed E-state index contributed by atoms with van der Waals surface area (Å²) in [4.78, 5) is 0. The normalized spacial score (nSPS) is 12.6. The zero-order valence-electron chi connectivity index (χ0n) is 11.4. The Bertz CT molecular complexity index is 403. The summed E-state index contributed by atoms with van der Waals surface area (Å²) in [5.74, 6) is -0.0723. The van der Waals surface area contributed by atoms with Crippen LogP contribution in [0.15, 0.2) is 24.3 Å². The van der Waals surface area contributed by atoms with Crippen molar-refractivity contribution >= 4 is 20.0 Å². The summed E-state index contributed by atoms with van der Waals surface area (Å²) >= 11 is 0. The largest absolute Gasteiger partial charge is 0.497 e. The predicted molar refractivity (Wildman–Crippen MR) is 78.0 cm³/mol. The summed E-state index contributed by atoms with van der Waals surface area (Å²) in [6, 6.07) is 7.04. The molecule has 0 aliphatic heterocycles. The number of methoxy groups -OCH3 is 1. The van der Waals surface area contributed by atoms with Crippen LogP contribution in [0.4, 0.5) is 0 Å². The molecule has 19 heavy (non-hydrogen) atoms. The second kappa shape index (κ2) is 8.56. The van der Waals surface area contributed by atoms with Crippen molar-refractivity contribution in [1.29, 1.82) is 0 Å². The van der Waals surface area contributed by atoms with Crippen LogP contribution in [0.2, 0.25) is 0 Å². The Morgan fingerprint density at radius 2 is 1.63 bits per heavy atom. The molecule has 0 saturated heterocycles. The fourth-order valence-electron chi connectivity index (χ4n) is 1.54. The second-order valence-electron chi connectivity index (χ2n) is 3.59. The van der Waals surface area contributed by atoms with E-state index in [2.05, 4.69) is 0 Å². The highest BCUT2D eigenvalue weighted by atomic mass is 35.5. The minimum absolute atomic E-state index is 0. The van der Waals surface area contributed by atoms with Gasteiger partial charge in [0.1, 0.15) is 11.5 Å². The molecule has 0 spiro atoms. The molecule has 0 radical (unpaired) electrons. The molecule has 0 fully saturated rings. The summed E-state index contributed by atoms with van der Waals surface area (Å²) in [6.07, 6.45) is 0. The number of ether oxygens (including phenoxy) is 1. The Kier molecular flexibility index (Phi) is 8.30. The fourth-order valence-corrected chi connectivity index (χ4v) is 3.19. The maximum Gasteiger partial charge on any atom is 0.351 e. The highest BCUT2D eigenvalue weighted by Crippen LogP contribution is 2.58. The monoisotopic (exact) mass is 309 g/mol. The van der Waals surface area contributed by atoms with Gasteiger partial charge in [0.2, 0.25) is 0 Å². The molecule has 110 valence electrons. The van der Waals surface area contributed by atoms with E-state index in [1.54, 1.807) is 45.2 Å². The third-order valence-corrected chi connectivity index (χ3v) is 4.63. The lowest BCUT2D eigenvalue weighted by atomic mass is 10.2. The van der Waals surface area contributed by atoms with E-state index in [9.17, 15) is 4.57 Å². The number of hydrogen-bond acceptors (Lipinski definition) is 5. The highest BCUT2D eigenvalue weighted by Gasteiger charge is 2.33. The molecule has 0 aromatic heterocycles. The summed E-state index contributed by atoms with van der Waals surface area (Å²) in [5.41, 5.74) is 6.68. The molecule has 1 atom stereocenters. The van der Waals surface area contributed by atoms with Crippen LogP contribution >= 0.6 is 20.0 Å². The smallest absolute Gasteiger partial charge is 0.351 e. The van der Waals surface area contributed by atoms with Gasteiger partial charge in [0.25, 0.3) is 0 Å². The van der Waals surface area contributed by atoms with Gasteiger partial charge >= 0.3 is 7.60 Å². The predicted octanol–water partition coefficient (Wildman–Crippen LogP) is 3.34. The van der Waals surface area contributed by atoms with E-state index in [1.807, 2.05) is 0 Å². The summed E-state index contributed by atoms with van der Waals surface area (Å²) in [6.45, 7) is 4.10. The van der Waals surface area contributed by atoms with Crippen molar-refractivity contribution < 1.29 is 18.3 Å². The minimum atomic E-state index is -3.32. The van der Waals surface area contributed by atoms with E-state index in [-0.39, 0.29) is 12.4 Å². The molecule has 0 saturated carbocycles. The van der Waals surface area contributed by atoms with E-state index in [1.165, 1.54) is 0 Å². The topological polar surface area (TPSA) is 70.8 Å². The molecule has 1 aromatic rings. The van der Waals surface area contributed by atoms with Gasteiger partial charge in [-0.1, -0.05) is 12.1 Å². The minimum Gasteiger partial charge on any atom is -0.497 e. The molecule has 1 rings (SSSR count). The van der Waals surface area contributed by atoms with Crippen LogP contribution in [-0.4, -0.2) is 20.3 Å². The van der Waals surface area contributed by atoms with Crippen LogP contribution in [0, 0.1) is 0 Å². The van der Waals surface area contributed by atoms with E-state index in [0.29, 0.717) is 24.5 Å². The van der Waals surface area contributed by atoms with Crippen molar-refractivity contribution in [2.24, 2.45) is 5.73 Å². The van der Waals surface area contributed by atoms with E-state index in [4.69, 9.17) is 19.5 Å². The van der Waals surface area contributed by atoms with Gasteiger partial charge in [-0.25, -0.2) is 0 Å². The molecule has 0 heterocycles. The maximum absolute atomic E-state index is 12.5. The first-order valence-electron chi connectivity index (χ1n) is 5.85. The number of halogens is 1. The lowest BCUT2D eigenvalue weighted by Gasteiger charge is -2.23. The van der Waals surface area contributed by atoms with Crippen molar-refractivity contribution in [3.05, 3.63) is 29.8 Å². The molecule has 7 heteroatoms. The zero-order valence-corrected chi connectivity index (χ0v) is 13.1. The zero-order chi connectivity index (χ0) is 13.6. The Morgan fingerprint density at radius 1 is 1.16 bits per heavy atom. The lowest BCUT2D eigenvalue weighted by molar-refractivity contribution is 0.212. The van der Waals surface area contributed by atoms with Crippen LogP contribution in [0.5, 0.6) is 5.75 Å². The first-order valence-corrected chi connectivity index (χ1v) is 7.47. The standard InChI is InChI=1S/C12H20NO4P.ClH/c1-4-16-18(14,17-5-2)12(13)10-6-8-11(15-3)9-7-10;/h6-9,12H,4-5,13H2,1-3H3;1H. The van der Waals surface area contributed by atoms with Gasteiger partial charge in [-0.15, -0.1) is 12.4 Å². The average molecular weight is 310 g/mol. The molecule has 0 aliphatic carbocycles. The third kappa shape index (κ3) is 4.79. The van der Waals surface area contributed by atoms with Crippen molar-refractivity contribution in [1.82, 2.24) is 0 Å². The van der Waals surface area contributed by atoms with Crippen molar-refractivity contribution in [2.75, 3.05) is 20.3 Å². The molecule has 0 aliphatic rings. The number of hydrogen-bond donors (Lipinski definition) is 1. The Morgan fingerprint density at radius 3 is 2.00 bits per heavy atom. The SMILES string of the molecule is CCOP(=O)(OCC)C(N)c1ccc(OC)cc1.Cl. The highest BCUT2D eigenvalue weighted by molar-refractivity contribution is 7.54. The van der Waals surface area contributed by atoms with E-state index < -0.39 is 13.4 Å². The first kappa shape index (κ1) is 18.4. The van der Waals surface area contributed by atoms with Crippen LogP contribution in [0.1, 0.15) is 25.2 Å². The summed E-state index contributed by atoms with van der Waals surface area (Å²) < 4.78 is 28.0. The molecule has 0 amide bonds. The fraction of sp³-hybridized carbons (Fsp3) is 0.500. The molecular formula is C12H21ClNO4P. The second-order valence-corrected chi connectivity index (χ2v) is 5.75. The average Bonchev–Trinajstić information content (AvgIpc) is 2.38. The van der Waals surface area contributed by atoms with Crippen molar-refractivity contribution in [3.63, 3.8) is 0 Å². The Labute approximate surface area is 120 Å². The molecule has 1 unspecified atom stereocenters. The molecular weight excluding hydrogens is 289 g/mol. The Hall–Kier alpha value is -0.580. The third-order valence-electron chi connectivity index (χ3n) is 2.42. The molecule has 2 N–H and O–H groups in total. The Balaban J connectivity index is 0.00000324. The summed E-state index contributed by atoms with van der Waals surface area (Å²) in [5, 5.41) is 0. The van der Waals surface area contributed by atoms with Gasteiger partial charge in [-0.05, 0) is 31.5 Å². The van der Waals surface area contributed by atoms with Crippen LogP contribution in [0.3, 0.4) is 0 Å². The van der Waals surface area contributed by atoms with Gasteiger partial charge in [0.15, 0.2) is 0 Å². The van der Waals surface area contributed by atoms with Crippen molar-refractivity contribution in [3.8, 4) is 5.75 Å². The van der Waals surface area contributed by atoms with Crippen LogP contribution < -0.4 is 10.5 Å². The van der Waals surface area contributed by atoms with Gasteiger partial charge in [0.05, 0.1) is 20.3 Å².